The van der Waals surface area contributed by atoms with Crippen LogP contribution >= 0.6 is 11.9 Å². The first kappa shape index (κ1) is 12.1. The number of methoxy groups -OCH3 is 1. The standard InChI is InChI=1S/C11H15NO2S/c1-3-7-12-15-10-6-4-5-9(8-10)11(13)14-2/h4-6,8,12H,3,7H2,1-2H3. The van der Waals surface area contributed by atoms with E-state index in [4.69, 9.17) is 0 Å². The Hall–Kier alpha value is -1.00. The molecule has 0 saturated carbocycles. The molecule has 1 aromatic carbocycles. The highest BCUT2D eigenvalue weighted by Gasteiger charge is 2.05. The zero-order valence-corrected chi connectivity index (χ0v) is 9.76. The second-order valence-electron chi connectivity index (χ2n) is 3.02. The highest BCUT2D eigenvalue weighted by Crippen LogP contribution is 2.16. The molecule has 82 valence electrons. The fourth-order valence-electron chi connectivity index (χ4n) is 1.04. The molecule has 0 spiro atoms. The van der Waals surface area contributed by atoms with Crippen molar-refractivity contribution < 1.29 is 9.53 Å². The maximum Gasteiger partial charge on any atom is 0.337 e. The van der Waals surface area contributed by atoms with Gasteiger partial charge in [0.25, 0.3) is 0 Å². The molecule has 0 atom stereocenters. The molecule has 0 bridgehead atoms. The number of nitrogens with one attached hydrogen (secondary N) is 1. The molecule has 1 rings (SSSR count). The van der Waals surface area contributed by atoms with E-state index < -0.39 is 0 Å². The molecule has 0 heterocycles. The normalized spacial score (nSPS) is 10.0. The van der Waals surface area contributed by atoms with Gasteiger partial charge >= 0.3 is 5.97 Å². The van der Waals surface area contributed by atoms with Crippen LogP contribution in [-0.2, 0) is 4.74 Å². The Morgan fingerprint density at radius 1 is 1.53 bits per heavy atom. The van der Waals surface area contributed by atoms with Crippen LogP contribution in [-0.4, -0.2) is 19.6 Å². The van der Waals surface area contributed by atoms with E-state index in [0.29, 0.717) is 5.56 Å². The zero-order chi connectivity index (χ0) is 11.1. The first-order chi connectivity index (χ1) is 7.27. The number of carbonyl (C=O) groups is 1. The lowest BCUT2D eigenvalue weighted by molar-refractivity contribution is 0.0600. The summed E-state index contributed by atoms with van der Waals surface area (Å²) in [6.07, 6.45) is 1.09. The Bertz CT molecular complexity index is 328. The van der Waals surface area contributed by atoms with Crippen LogP contribution in [0, 0.1) is 0 Å². The van der Waals surface area contributed by atoms with E-state index in [1.807, 2.05) is 18.2 Å². The average Bonchev–Trinajstić information content (AvgIpc) is 2.29. The molecule has 0 aromatic heterocycles. The van der Waals surface area contributed by atoms with Gasteiger partial charge in [0.1, 0.15) is 0 Å². The minimum Gasteiger partial charge on any atom is -0.465 e. The van der Waals surface area contributed by atoms with Crippen molar-refractivity contribution >= 4 is 17.9 Å². The van der Waals surface area contributed by atoms with Gasteiger partial charge in [0, 0.05) is 11.4 Å². The van der Waals surface area contributed by atoms with Crippen molar-refractivity contribution in [1.29, 1.82) is 0 Å². The molecule has 1 N–H and O–H groups in total. The molecule has 0 radical (unpaired) electrons. The smallest absolute Gasteiger partial charge is 0.337 e. The van der Waals surface area contributed by atoms with Crippen molar-refractivity contribution in [1.82, 2.24) is 4.72 Å². The zero-order valence-electron chi connectivity index (χ0n) is 8.95. The summed E-state index contributed by atoms with van der Waals surface area (Å²) in [5.41, 5.74) is 0.584. The topological polar surface area (TPSA) is 38.3 Å². The van der Waals surface area contributed by atoms with Crippen molar-refractivity contribution in [3.63, 3.8) is 0 Å². The third-order valence-corrected chi connectivity index (χ3v) is 2.64. The van der Waals surface area contributed by atoms with E-state index in [1.165, 1.54) is 19.1 Å². The summed E-state index contributed by atoms with van der Waals surface area (Å²) >= 11 is 1.53. The Kier molecular flexibility index (Phi) is 5.21. The number of rotatable bonds is 5. The molecule has 3 nitrogen and oxygen atoms in total. The van der Waals surface area contributed by atoms with Gasteiger partial charge in [0.15, 0.2) is 0 Å². The number of hydrogen-bond donors (Lipinski definition) is 1. The van der Waals surface area contributed by atoms with Gasteiger partial charge in [-0.3, -0.25) is 4.72 Å². The molecule has 0 aliphatic rings. The molecule has 0 saturated heterocycles. The molecule has 0 fully saturated rings. The van der Waals surface area contributed by atoms with Crippen LogP contribution in [0.2, 0.25) is 0 Å². The van der Waals surface area contributed by atoms with Crippen molar-refractivity contribution in [2.45, 2.75) is 18.2 Å². The summed E-state index contributed by atoms with van der Waals surface area (Å²) in [7, 11) is 1.39. The van der Waals surface area contributed by atoms with Crippen LogP contribution in [0.1, 0.15) is 23.7 Å². The minimum atomic E-state index is -0.298. The Morgan fingerprint density at radius 3 is 3.00 bits per heavy atom. The molecule has 0 unspecified atom stereocenters. The largest absolute Gasteiger partial charge is 0.465 e. The molecular weight excluding hydrogens is 210 g/mol. The van der Waals surface area contributed by atoms with Gasteiger partial charge < -0.3 is 4.74 Å². The van der Waals surface area contributed by atoms with Gasteiger partial charge in [-0.2, -0.15) is 0 Å². The third-order valence-electron chi connectivity index (χ3n) is 1.80. The molecule has 4 heteroatoms. The fraction of sp³-hybridized carbons (Fsp3) is 0.364. The van der Waals surface area contributed by atoms with Crippen LogP contribution in [0.3, 0.4) is 0 Å². The SMILES string of the molecule is CCCNSc1cccc(C(=O)OC)c1. The van der Waals surface area contributed by atoms with Crippen LogP contribution in [0.15, 0.2) is 29.2 Å². The Morgan fingerprint density at radius 2 is 2.33 bits per heavy atom. The molecule has 0 aliphatic carbocycles. The van der Waals surface area contributed by atoms with Gasteiger partial charge in [0.2, 0.25) is 0 Å². The van der Waals surface area contributed by atoms with Crippen molar-refractivity contribution in [2.75, 3.05) is 13.7 Å². The number of carbonyl (C=O) groups excluding carboxylic acids is 1. The molecule has 0 amide bonds. The Balaban J connectivity index is 2.62. The van der Waals surface area contributed by atoms with Crippen LogP contribution in [0.25, 0.3) is 0 Å². The predicted octanol–water partition coefficient (Wildman–Crippen LogP) is 2.48. The summed E-state index contributed by atoms with van der Waals surface area (Å²) in [5.74, 6) is -0.298. The first-order valence-corrected chi connectivity index (χ1v) is 5.67. The first-order valence-electron chi connectivity index (χ1n) is 4.86. The molecular formula is C11H15NO2S. The van der Waals surface area contributed by atoms with E-state index in [9.17, 15) is 4.79 Å². The molecule has 1 aromatic rings. The maximum absolute atomic E-state index is 11.2. The van der Waals surface area contributed by atoms with E-state index in [0.717, 1.165) is 17.9 Å². The third kappa shape index (κ3) is 3.93. The maximum atomic E-state index is 11.2. The second-order valence-corrected chi connectivity index (χ2v) is 3.98. The van der Waals surface area contributed by atoms with E-state index >= 15 is 0 Å². The van der Waals surface area contributed by atoms with Gasteiger partial charge in [-0.05, 0) is 36.6 Å². The van der Waals surface area contributed by atoms with Crippen molar-refractivity contribution in [3.05, 3.63) is 29.8 Å². The molecule has 15 heavy (non-hydrogen) atoms. The monoisotopic (exact) mass is 225 g/mol. The van der Waals surface area contributed by atoms with E-state index in [1.54, 1.807) is 6.07 Å². The summed E-state index contributed by atoms with van der Waals surface area (Å²) in [6.45, 7) is 3.06. The summed E-state index contributed by atoms with van der Waals surface area (Å²) in [5, 5.41) is 0. The lowest BCUT2D eigenvalue weighted by atomic mass is 10.2. The summed E-state index contributed by atoms with van der Waals surface area (Å²) < 4.78 is 7.85. The van der Waals surface area contributed by atoms with Crippen LogP contribution in [0.5, 0.6) is 0 Å². The van der Waals surface area contributed by atoms with Gasteiger partial charge in [0.05, 0.1) is 12.7 Å². The quantitative estimate of drug-likeness (QED) is 0.474. The van der Waals surface area contributed by atoms with Gasteiger partial charge in [-0.25, -0.2) is 4.79 Å². The number of benzene rings is 1. The molecule has 0 aliphatic heterocycles. The Labute approximate surface area is 94.3 Å². The minimum absolute atomic E-state index is 0.298. The average molecular weight is 225 g/mol. The van der Waals surface area contributed by atoms with Crippen molar-refractivity contribution in [3.8, 4) is 0 Å². The predicted molar refractivity (Wildman–Crippen MR) is 61.9 cm³/mol. The van der Waals surface area contributed by atoms with Crippen LogP contribution in [0.4, 0.5) is 0 Å². The number of ether oxygens (including phenoxy) is 1. The lowest BCUT2D eigenvalue weighted by Gasteiger charge is -2.04. The number of hydrogen-bond acceptors (Lipinski definition) is 4. The fourth-order valence-corrected chi connectivity index (χ4v) is 1.85. The number of esters is 1. The highest BCUT2D eigenvalue weighted by molar-refractivity contribution is 7.97. The second kappa shape index (κ2) is 6.48. The van der Waals surface area contributed by atoms with E-state index in [-0.39, 0.29) is 5.97 Å². The van der Waals surface area contributed by atoms with Gasteiger partial charge in [-0.1, -0.05) is 13.0 Å². The highest BCUT2D eigenvalue weighted by atomic mass is 32.2. The lowest BCUT2D eigenvalue weighted by Crippen LogP contribution is -2.04. The summed E-state index contributed by atoms with van der Waals surface area (Å²) in [6, 6.07) is 7.37. The van der Waals surface area contributed by atoms with Crippen molar-refractivity contribution in [2.24, 2.45) is 0 Å². The van der Waals surface area contributed by atoms with Crippen LogP contribution < -0.4 is 4.72 Å². The van der Waals surface area contributed by atoms with E-state index in [2.05, 4.69) is 16.4 Å². The summed E-state index contributed by atoms with van der Waals surface area (Å²) in [4.78, 5) is 12.3. The van der Waals surface area contributed by atoms with Gasteiger partial charge in [-0.15, -0.1) is 0 Å².